The summed E-state index contributed by atoms with van der Waals surface area (Å²) in [5.74, 6) is 0.148. The zero-order valence-corrected chi connectivity index (χ0v) is 15.2. The Morgan fingerprint density at radius 1 is 1.48 bits per heavy atom. The van der Waals surface area contributed by atoms with E-state index in [1.54, 1.807) is 11.3 Å². The van der Waals surface area contributed by atoms with Gasteiger partial charge in [-0.05, 0) is 57.0 Å². The molecule has 1 aromatic heterocycles. The molecule has 5 heteroatoms. The number of hydrogen-bond acceptors (Lipinski definition) is 4. The molecule has 1 fully saturated rings. The van der Waals surface area contributed by atoms with E-state index >= 15 is 0 Å². The van der Waals surface area contributed by atoms with Crippen molar-refractivity contribution in [1.29, 1.82) is 0 Å². The summed E-state index contributed by atoms with van der Waals surface area (Å²) >= 11 is 1.74. The molecule has 23 heavy (non-hydrogen) atoms. The highest BCUT2D eigenvalue weighted by atomic mass is 32.1. The molecule has 0 unspecified atom stereocenters. The summed E-state index contributed by atoms with van der Waals surface area (Å²) in [6.07, 6.45) is 5.62. The molecule has 0 aromatic carbocycles. The van der Waals surface area contributed by atoms with E-state index in [1.165, 1.54) is 4.88 Å². The zero-order valence-electron chi connectivity index (χ0n) is 14.4. The quantitative estimate of drug-likeness (QED) is 0.792. The van der Waals surface area contributed by atoms with E-state index < -0.39 is 0 Å². The van der Waals surface area contributed by atoms with Gasteiger partial charge in [-0.25, -0.2) is 0 Å². The Morgan fingerprint density at radius 2 is 2.35 bits per heavy atom. The molecule has 4 nitrogen and oxygen atoms in total. The predicted octanol–water partition coefficient (Wildman–Crippen LogP) is 3.08. The zero-order chi connectivity index (χ0) is 16.5. The third-order valence-corrected chi connectivity index (χ3v) is 5.38. The van der Waals surface area contributed by atoms with Gasteiger partial charge in [0.1, 0.15) is 0 Å². The third kappa shape index (κ3) is 6.24. The van der Waals surface area contributed by atoms with Gasteiger partial charge in [-0.15, -0.1) is 11.3 Å². The van der Waals surface area contributed by atoms with Gasteiger partial charge in [-0.3, -0.25) is 9.69 Å². The molecule has 0 spiro atoms. The van der Waals surface area contributed by atoms with Crippen LogP contribution >= 0.6 is 11.3 Å². The fourth-order valence-electron chi connectivity index (χ4n) is 3.00. The molecule has 1 saturated heterocycles. The van der Waals surface area contributed by atoms with Gasteiger partial charge in [0, 0.05) is 24.6 Å². The lowest BCUT2D eigenvalue weighted by Gasteiger charge is -2.26. The van der Waals surface area contributed by atoms with E-state index in [9.17, 15) is 4.79 Å². The van der Waals surface area contributed by atoms with Gasteiger partial charge in [-0.2, -0.15) is 0 Å². The third-order valence-electron chi connectivity index (χ3n) is 4.45. The minimum Gasteiger partial charge on any atom is -0.378 e. The van der Waals surface area contributed by atoms with Crippen LogP contribution in [-0.4, -0.2) is 49.2 Å². The number of likely N-dealkylation sites (tertiary alicyclic amines) is 1. The number of rotatable bonds is 8. The van der Waals surface area contributed by atoms with Crippen molar-refractivity contribution in [2.24, 2.45) is 0 Å². The topological polar surface area (TPSA) is 41.6 Å². The van der Waals surface area contributed by atoms with Crippen LogP contribution in [0.3, 0.4) is 0 Å². The molecule has 1 N–H and O–H groups in total. The second-order valence-electron chi connectivity index (χ2n) is 6.26. The maximum Gasteiger partial charge on any atom is 0.237 e. The van der Waals surface area contributed by atoms with Gasteiger partial charge in [0.2, 0.25) is 5.91 Å². The Labute approximate surface area is 144 Å². The van der Waals surface area contributed by atoms with Crippen molar-refractivity contribution in [3.8, 4) is 0 Å². The fraction of sp³-hybridized carbons (Fsp3) is 0.722. The van der Waals surface area contributed by atoms with Crippen LogP contribution in [0.4, 0.5) is 0 Å². The van der Waals surface area contributed by atoms with E-state index in [0.717, 1.165) is 58.3 Å². The average molecular weight is 339 g/mol. The van der Waals surface area contributed by atoms with Crippen molar-refractivity contribution in [3.05, 3.63) is 22.4 Å². The van der Waals surface area contributed by atoms with E-state index in [0.29, 0.717) is 6.10 Å². The lowest BCUT2D eigenvalue weighted by Crippen LogP contribution is -2.46. The first-order valence-electron chi connectivity index (χ1n) is 8.86. The highest BCUT2D eigenvalue weighted by Crippen LogP contribution is 2.16. The summed E-state index contributed by atoms with van der Waals surface area (Å²) in [7, 11) is 0. The monoisotopic (exact) mass is 338 g/mol. The molecule has 2 heterocycles. The first kappa shape index (κ1) is 18.4. The Bertz CT molecular complexity index is 450. The number of nitrogens with zero attached hydrogens (tertiary/aromatic N) is 1. The van der Waals surface area contributed by atoms with Gasteiger partial charge in [0.15, 0.2) is 0 Å². The van der Waals surface area contributed by atoms with Crippen LogP contribution in [0.1, 0.15) is 44.4 Å². The van der Waals surface area contributed by atoms with Crippen LogP contribution in [0.25, 0.3) is 0 Å². The van der Waals surface area contributed by atoms with E-state index in [4.69, 9.17) is 4.74 Å². The molecule has 2 atom stereocenters. The van der Waals surface area contributed by atoms with Crippen LogP contribution in [0.2, 0.25) is 0 Å². The van der Waals surface area contributed by atoms with Crippen LogP contribution in [0, 0.1) is 0 Å². The minimum atomic E-state index is -0.0525. The van der Waals surface area contributed by atoms with Gasteiger partial charge < -0.3 is 10.1 Å². The number of carbonyl (C=O) groups is 1. The van der Waals surface area contributed by atoms with Crippen molar-refractivity contribution in [2.45, 2.75) is 58.1 Å². The minimum absolute atomic E-state index is 0.0525. The Balaban J connectivity index is 1.71. The number of amides is 1. The number of nitrogens with one attached hydrogen (secondary N) is 1. The molecule has 1 aliphatic rings. The maximum absolute atomic E-state index is 12.4. The molecule has 1 aliphatic heterocycles. The van der Waals surface area contributed by atoms with Crippen molar-refractivity contribution in [2.75, 3.05) is 26.2 Å². The summed E-state index contributed by atoms with van der Waals surface area (Å²) in [6, 6.07) is 4.12. The molecule has 1 aromatic rings. The van der Waals surface area contributed by atoms with E-state index in [2.05, 4.69) is 34.7 Å². The lowest BCUT2D eigenvalue weighted by atomic mass is 10.1. The molecule has 1 amide bonds. The van der Waals surface area contributed by atoms with Crippen molar-refractivity contribution in [3.63, 3.8) is 0 Å². The summed E-state index contributed by atoms with van der Waals surface area (Å²) in [5, 5.41) is 5.16. The van der Waals surface area contributed by atoms with Crippen molar-refractivity contribution < 1.29 is 9.53 Å². The van der Waals surface area contributed by atoms with Gasteiger partial charge >= 0.3 is 0 Å². The van der Waals surface area contributed by atoms with Crippen LogP contribution in [0.15, 0.2) is 17.5 Å². The largest absolute Gasteiger partial charge is 0.378 e. The SMILES string of the molecule is CCCO[C@H]1CCCN([C@@H](C)C(=O)NCCc2cccs2)CC1. The highest BCUT2D eigenvalue weighted by Gasteiger charge is 2.24. The molecule has 0 radical (unpaired) electrons. The predicted molar refractivity (Wildman–Crippen MR) is 95.9 cm³/mol. The Morgan fingerprint density at radius 3 is 3.09 bits per heavy atom. The number of hydrogen-bond donors (Lipinski definition) is 1. The van der Waals surface area contributed by atoms with E-state index in [1.807, 2.05) is 6.92 Å². The summed E-state index contributed by atoms with van der Waals surface area (Å²) in [5.41, 5.74) is 0. The average Bonchev–Trinajstić information content (AvgIpc) is 2.96. The van der Waals surface area contributed by atoms with Crippen LogP contribution in [0.5, 0.6) is 0 Å². The van der Waals surface area contributed by atoms with Gasteiger partial charge in [0.25, 0.3) is 0 Å². The molecular weight excluding hydrogens is 308 g/mol. The standard InChI is InChI=1S/C18H30N2O2S/c1-3-13-22-16-6-4-11-20(12-9-16)15(2)18(21)19-10-8-17-7-5-14-23-17/h5,7,14-16H,3-4,6,8-13H2,1-2H3,(H,19,21)/t15-,16-/m0/s1. The van der Waals surface area contributed by atoms with Crippen molar-refractivity contribution in [1.82, 2.24) is 10.2 Å². The normalized spacial score (nSPS) is 20.9. The number of ether oxygens (including phenoxy) is 1. The van der Waals surface area contributed by atoms with Crippen LogP contribution in [-0.2, 0) is 16.0 Å². The smallest absolute Gasteiger partial charge is 0.237 e. The molecule has 0 bridgehead atoms. The van der Waals surface area contributed by atoms with Gasteiger partial charge in [0.05, 0.1) is 12.1 Å². The maximum atomic E-state index is 12.4. The van der Waals surface area contributed by atoms with Crippen molar-refractivity contribution >= 4 is 17.2 Å². The Kier molecular flexibility index (Phi) is 8.06. The summed E-state index contributed by atoms with van der Waals surface area (Å²) in [6.45, 7) is 7.68. The van der Waals surface area contributed by atoms with Gasteiger partial charge in [-0.1, -0.05) is 13.0 Å². The lowest BCUT2D eigenvalue weighted by molar-refractivity contribution is -0.125. The molecule has 2 rings (SSSR count). The Hall–Kier alpha value is -0.910. The second kappa shape index (κ2) is 10.1. The fourth-order valence-corrected chi connectivity index (χ4v) is 3.71. The summed E-state index contributed by atoms with van der Waals surface area (Å²) in [4.78, 5) is 16.0. The molecular formula is C18H30N2O2S. The molecule has 0 aliphatic carbocycles. The molecule has 0 saturated carbocycles. The number of carbonyl (C=O) groups excluding carboxylic acids is 1. The number of thiophene rings is 1. The first-order chi connectivity index (χ1) is 11.2. The first-order valence-corrected chi connectivity index (χ1v) is 9.74. The molecule has 130 valence electrons. The summed E-state index contributed by atoms with van der Waals surface area (Å²) < 4.78 is 5.88. The van der Waals surface area contributed by atoms with Crippen LogP contribution < -0.4 is 5.32 Å². The second-order valence-corrected chi connectivity index (χ2v) is 7.29. The van der Waals surface area contributed by atoms with E-state index in [-0.39, 0.29) is 11.9 Å². The highest BCUT2D eigenvalue weighted by molar-refractivity contribution is 7.09.